The summed E-state index contributed by atoms with van der Waals surface area (Å²) in [7, 11) is 1.14. The van der Waals surface area contributed by atoms with Gasteiger partial charge in [0.1, 0.15) is 19.3 Å². The molecule has 402 valence electrons. The lowest BCUT2D eigenvalue weighted by molar-refractivity contribution is -0.870. The maximum Gasteiger partial charge on any atom is 0.306 e. The molecule has 9 nitrogen and oxygen atoms in total. The molecular weight excluding hydrogens is 892 g/mol. The van der Waals surface area contributed by atoms with Gasteiger partial charge in [0.25, 0.3) is 7.82 Å². The SMILES string of the molecule is CC/C=C\C/C=C\C/C=C\C/C=C\C/C=C\C/C=C\CCCCC(=O)NC(COP(=O)([O-])OCC[N+](C)(C)C)C(/C=C\CCCCCCCCCCCC)OC(=O)CCCCCCC/C=C\CCCC. The molecule has 0 aromatic rings. The van der Waals surface area contributed by atoms with Crippen LogP contribution < -0.4 is 10.2 Å². The zero-order valence-electron chi connectivity index (χ0n) is 45.7. The largest absolute Gasteiger partial charge is 0.756 e. The second kappa shape index (κ2) is 49.5. The molecule has 0 aromatic carbocycles. The van der Waals surface area contributed by atoms with Gasteiger partial charge in [0, 0.05) is 12.8 Å². The van der Waals surface area contributed by atoms with Gasteiger partial charge in [-0.2, -0.15) is 0 Å². The summed E-state index contributed by atoms with van der Waals surface area (Å²) < 4.78 is 30.1. The molecule has 10 heteroatoms. The smallest absolute Gasteiger partial charge is 0.306 e. The number of quaternary nitrogens is 1. The summed E-state index contributed by atoms with van der Waals surface area (Å²) in [6.07, 6.45) is 65.2. The molecule has 0 saturated carbocycles. The molecule has 0 aliphatic carbocycles. The molecular formula is C60H105N2O7P. The number of phosphoric ester groups is 1. The fourth-order valence-electron chi connectivity index (χ4n) is 7.39. The average Bonchev–Trinajstić information content (AvgIpc) is 3.32. The molecule has 0 aliphatic rings. The zero-order chi connectivity index (χ0) is 51.5. The fraction of sp³-hybridized carbons (Fsp3) is 0.700. The molecule has 0 aliphatic heterocycles. The number of carbonyl (C=O) groups is 2. The molecule has 0 radical (unpaired) electrons. The van der Waals surface area contributed by atoms with Crippen molar-refractivity contribution < 1.29 is 37.3 Å². The molecule has 0 spiro atoms. The van der Waals surface area contributed by atoms with Crippen molar-refractivity contribution in [3.63, 3.8) is 0 Å². The number of hydrogen-bond acceptors (Lipinski definition) is 7. The highest BCUT2D eigenvalue weighted by atomic mass is 31.2. The Kier molecular flexibility index (Phi) is 47.3. The lowest BCUT2D eigenvalue weighted by atomic mass is 10.1. The first-order chi connectivity index (χ1) is 33.9. The number of nitrogens with zero attached hydrogens (tertiary/aromatic N) is 1. The van der Waals surface area contributed by atoms with Crippen LogP contribution in [0.3, 0.4) is 0 Å². The fourth-order valence-corrected chi connectivity index (χ4v) is 8.11. The van der Waals surface area contributed by atoms with Crippen molar-refractivity contribution in [3.8, 4) is 0 Å². The van der Waals surface area contributed by atoms with Gasteiger partial charge in [-0.1, -0.05) is 202 Å². The second-order valence-corrected chi connectivity index (χ2v) is 21.1. The van der Waals surface area contributed by atoms with Crippen molar-refractivity contribution in [3.05, 3.63) is 97.2 Å². The molecule has 70 heavy (non-hydrogen) atoms. The number of rotatable bonds is 49. The summed E-state index contributed by atoms with van der Waals surface area (Å²) >= 11 is 0. The van der Waals surface area contributed by atoms with Crippen LogP contribution in [-0.4, -0.2) is 69.4 Å². The van der Waals surface area contributed by atoms with E-state index in [9.17, 15) is 19.0 Å². The molecule has 0 rings (SSSR count). The van der Waals surface area contributed by atoms with Gasteiger partial charge < -0.3 is 28.5 Å². The molecule has 0 fully saturated rings. The number of phosphoric acid groups is 1. The van der Waals surface area contributed by atoms with E-state index in [2.05, 4.69) is 111 Å². The number of hydrogen-bond donors (Lipinski definition) is 1. The van der Waals surface area contributed by atoms with Crippen LogP contribution in [0.5, 0.6) is 0 Å². The first-order valence-electron chi connectivity index (χ1n) is 28.0. The van der Waals surface area contributed by atoms with Crippen molar-refractivity contribution in [1.29, 1.82) is 0 Å². The van der Waals surface area contributed by atoms with E-state index in [1.807, 2.05) is 33.3 Å². The number of nitrogens with one attached hydrogen (secondary N) is 1. The summed E-state index contributed by atoms with van der Waals surface area (Å²) in [5.41, 5.74) is 0. The highest BCUT2D eigenvalue weighted by Crippen LogP contribution is 2.38. The Morgan fingerprint density at radius 2 is 0.929 bits per heavy atom. The topological polar surface area (TPSA) is 114 Å². The first-order valence-corrected chi connectivity index (χ1v) is 29.5. The molecule has 3 unspecified atom stereocenters. The van der Waals surface area contributed by atoms with E-state index in [0.29, 0.717) is 23.9 Å². The zero-order valence-corrected chi connectivity index (χ0v) is 46.6. The molecule has 0 saturated heterocycles. The second-order valence-electron chi connectivity index (χ2n) is 19.7. The maximum absolute atomic E-state index is 13.5. The van der Waals surface area contributed by atoms with Crippen LogP contribution in [0.15, 0.2) is 97.2 Å². The quantitative estimate of drug-likeness (QED) is 0.0212. The number of esters is 1. The normalized spacial score (nSPS) is 14.6. The Labute approximate surface area is 430 Å². The van der Waals surface area contributed by atoms with Crippen molar-refractivity contribution >= 4 is 19.7 Å². The van der Waals surface area contributed by atoms with Crippen molar-refractivity contribution in [2.45, 2.75) is 232 Å². The Morgan fingerprint density at radius 3 is 1.44 bits per heavy atom. The number of ether oxygens (including phenoxy) is 1. The van der Waals surface area contributed by atoms with E-state index >= 15 is 0 Å². The standard InChI is InChI=1S/C60H105N2O7P/c1-7-10-13-16-19-22-25-27-28-29-30-31-32-33-34-35-38-40-43-46-49-52-59(63)61-57(56-68-70(65,66)67-55-54-62(4,5)6)58(51-48-45-42-39-37-26-23-20-17-14-11-8-2)69-60(64)53-50-47-44-41-36-24-21-18-15-12-9-3/h10,13,18-19,21-22,27-28,30-31,33-34,38,40,48,51,57-58H,7-9,11-12,14-17,20,23-26,29,32,35-37,39,41-47,49-50,52-56H2,1-6H3,(H-,61,63,65,66)/b13-10-,21-18-,22-19-,28-27-,31-30-,34-33-,40-38-,51-48-. The van der Waals surface area contributed by atoms with E-state index in [4.69, 9.17) is 13.8 Å². The third kappa shape index (κ3) is 49.9. The third-order valence-electron chi connectivity index (χ3n) is 11.7. The highest BCUT2D eigenvalue weighted by Gasteiger charge is 2.27. The molecule has 1 amide bonds. The van der Waals surface area contributed by atoms with Crippen molar-refractivity contribution in [1.82, 2.24) is 5.32 Å². The number of amides is 1. The minimum absolute atomic E-state index is 0.0368. The van der Waals surface area contributed by atoms with Gasteiger partial charge >= 0.3 is 5.97 Å². The monoisotopic (exact) mass is 997 g/mol. The third-order valence-corrected chi connectivity index (χ3v) is 12.7. The number of carbonyl (C=O) groups excluding carboxylic acids is 2. The maximum atomic E-state index is 13.5. The molecule has 0 bridgehead atoms. The number of unbranched alkanes of at least 4 members (excludes halogenated alkanes) is 19. The van der Waals surface area contributed by atoms with E-state index in [-0.39, 0.29) is 31.3 Å². The summed E-state index contributed by atoms with van der Waals surface area (Å²) in [5.74, 6) is -0.611. The predicted molar refractivity (Wildman–Crippen MR) is 297 cm³/mol. The van der Waals surface area contributed by atoms with E-state index in [1.54, 1.807) is 0 Å². The Balaban J connectivity index is 5.40. The first kappa shape index (κ1) is 66.9. The predicted octanol–water partition coefficient (Wildman–Crippen LogP) is 16.2. The van der Waals surface area contributed by atoms with Crippen molar-refractivity contribution in [2.24, 2.45) is 0 Å². The lowest BCUT2D eigenvalue weighted by Gasteiger charge is -2.30. The van der Waals surface area contributed by atoms with E-state index in [0.717, 1.165) is 109 Å². The van der Waals surface area contributed by atoms with Gasteiger partial charge in [0.15, 0.2) is 0 Å². The van der Waals surface area contributed by atoms with Crippen LogP contribution >= 0.6 is 7.82 Å². The van der Waals surface area contributed by atoms with Crippen LogP contribution in [0.25, 0.3) is 0 Å². The van der Waals surface area contributed by atoms with Crippen LogP contribution in [0, 0.1) is 0 Å². The summed E-state index contributed by atoms with van der Waals surface area (Å²) in [6.45, 7) is 6.62. The molecule has 0 aromatic heterocycles. The van der Waals surface area contributed by atoms with Gasteiger partial charge in [0.05, 0.1) is 33.8 Å². The van der Waals surface area contributed by atoms with Gasteiger partial charge in [0.2, 0.25) is 5.91 Å². The van der Waals surface area contributed by atoms with Crippen LogP contribution in [0.1, 0.15) is 220 Å². The minimum Gasteiger partial charge on any atom is -0.756 e. The highest BCUT2D eigenvalue weighted by molar-refractivity contribution is 7.45. The number of allylic oxidation sites excluding steroid dienone is 15. The van der Waals surface area contributed by atoms with Gasteiger partial charge in [-0.3, -0.25) is 14.2 Å². The summed E-state index contributed by atoms with van der Waals surface area (Å²) in [6, 6.07) is -0.918. The molecule has 1 N–H and O–H groups in total. The Morgan fingerprint density at radius 1 is 0.514 bits per heavy atom. The summed E-state index contributed by atoms with van der Waals surface area (Å²) in [5, 5.41) is 2.99. The van der Waals surface area contributed by atoms with Crippen molar-refractivity contribution in [2.75, 3.05) is 40.9 Å². The lowest BCUT2D eigenvalue weighted by Crippen LogP contribution is -2.47. The van der Waals surface area contributed by atoms with Gasteiger partial charge in [-0.25, -0.2) is 0 Å². The average molecular weight is 997 g/mol. The number of likely N-dealkylation sites (N-methyl/N-ethyl adjacent to an activating group) is 1. The van der Waals surface area contributed by atoms with Gasteiger partial charge in [-0.15, -0.1) is 0 Å². The van der Waals surface area contributed by atoms with E-state index < -0.39 is 26.6 Å². The van der Waals surface area contributed by atoms with Crippen LogP contribution in [0.2, 0.25) is 0 Å². The van der Waals surface area contributed by atoms with E-state index in [1.165, 1.54) is 64.2 Å². The minimum atomic E-state index is -4.71. The van der Waals surface area contributed by atoms with Crippen LogP contribution in [0.4, 0.5) is 0 Å². The Bertz CT molecular complexity index is 1520. The van der Waals surface area contributed by atoms with Gasteiger partial charge in [-0.05, 0) is 102 Å². The molecule has 3 atom stereocenters. The van der Waals surface area contributed by atoms with Crippen LogP contribution in [-0.2, 0) is 27.9 Å². The summed E-state index contributed by atoms with van der Waals surface area (Å²) in [4.78, 5) is 39.7. The molecule has 0 heterocycles. The Hall–Kier alpha value is -3.07.